The summed E-state index contributed by atoms with van der Waals surface area (Å²) in [6.07, 6.45) is 1.93. The standard InChI is InChI=1S/C23H24Br4N4O8/c1-37-17-11(25)7-23(19(34)15(17)27)9-13(31-39-23)21(36)29-5-3-2-4-28-20(35)12-8-22(38-30-12)6-10(24)16(32)14(26)18(22)33/h6-7,14,18-19,33-34H,2-5,8-9H2,1H3,(H,28,35)(H,29,36)/t14-,18+,19+,22-,23-/m1/s1. The smallest absolute Gasteiger partial charge is 0.269 e. The highest BCUT2D eigenvalue weighted by Crippen LogP contribution is 2.44. The molecule has 0 saturated heterocycles. The van der Waals surface area contributed by atoms with Crippen molar-refractivity contribution in [1.82, 2.24) is 10.6 Å². The third-order valence-electron chi connectivity index (χ3n) is 6.58. The first-order chi connectivity index (χ1) is 18.4. The van der Waals surface area contributed by atoms with E-state index in [4.69, 9.17) is 14.4 Å². The Morgan fingerprint density at radius 3 is 2.08 bits per heavy atom. The van der Waals surface area contributed by atoms with Gasteiger partial charge in [-0.25, -0.2) is 0 Å². The molecular weight excluding hydrogens is 780 g/mol. The molecule has 0 aromatic heterocycles. The molecule has 2 aliphatic heterocycles. The second-order valence-electron chi connectivity index (χ2n) is 9.22. The third kappa shape index (κ3) is 5.91. The minimum atomic E-state index is -1.30. The lowest BCUT2D eigenvalue weighted by Crippen LogP contribution is -2.52. The lowest BCUT2D eigenvalue weighted by atomic mass is 9.83. The van der Waals surface area contributed by atoms with E-state index >= 15 is 0 Å². The van der Waals surface area contributed by atoms with E-state index in [1.165, 1.54) is 13.2 Å². The van der Waals surface area contributed by atoms with E-state index in [0.29, 0.717) is 40.7 Å². The number of halogens is 4. The first-order valence-electron chi connectivity index (χ1n) is 11.8. The van der Waals surface area contributed by atoms with Crippen LogP contribution >= 0.6 is 63.7 Å². The normalized spacial score (nSPS) is 31.8. The summed E-state index contributed by atoms with van der Waals surface area (Å²) >= 11 is 13.0. The molecule has 16 heteroatoms. The topological polar surface area (TPSA) is 168 Å². The molecule has 0 bridgehead atoms. The maximum absolute atomic E-state index is 12.6. The molecule has 2 amide bonds. The van der Waals surface area contributed by atoms with E-state index < -0.39 is 40.1 Å². The summed E-state index contributed by atoms with van der Waals surface area (Å²) in [4.78, 5) is 47.1. The van der Waals surface area contributed by atoms with Gasteiger partial charge in [0.2, 0.25) is 0 Å². The molecule has 2 heterocycles. The van der Waals surface area contributed by atoms with Crippen molar-refractivity contribution in [1.29, 1.82) is 0 Å². The van der Waals surface area contributed by atoms with Gasteiger partial charge in [-0.1, -0.05) is 26.2 Å². The van der Waals surface area contributed by atoms with Crippen molar-refractivity contribution < 1.29 is 39.0 Å². The Bertz CT molecular complexity index is 1230. The van der Waals surface area contributed by atoms with Gasteiger partial charge in [0.15, 0.2) is 17.0 Å². The van der Waals surface area contributed by atoms with Crippen molar-refractivity contribution in [2.45, 2.75) is 53.9 Å². The van der Waals surface area contributed by atoms with Gasteiger partial charge in [-0.3, -0.25) is 14.4 Å². The number of ether oxygens (including phenoxy) is 1. The Morgan fingerprint density at radius 2 is 1.51 bits per heavy atom. The molecule has 0 saturated carbocycles. The third-order valence-corrected chi connectivity index (χ3v) is 9.50. The highest BCUT2D eigenvalue weighted by Gasteiger charge is 2.53. The lowest BCUT2D eigenvalue weighted by Gasteiger charge is -2.34. The number of amides is 2. The summed E-state index contributed by atoms with van der Waals surface area (Å²) < 4.78 is 6.44. The molecule has 4 N–H and O–H groups in total. The van der Waals surface area contributed by atoms with Crippen LogP contribution in [-0.2, 0) is 28.8 Å². The van der Waals surface area contributed by atoms with Crippen LogP contribution in [0.4, 0.5) is 0 Å². The van der Waals surface area contributed by atoms with Crippen molar-refractivity contribution >= 4 is 92.7 Å². The summed E-state index contributed by atoms with van der Waals surface area (Å²) in [7, 11) is 1.47. The number of unbranched alkanes of at least 4 members (excludes halogenated alkanes) is 1. The lowest BCUT2D eigenvalue weighted by molar-refractivity contribution is -0.124. The first kappa shape index (κ1) is 30.4. The molecule has 2 spiro atoms. The molecule has 2 aliphatic carbocycles. The van der Waals surface area contributed by atoms with Crippen LogP contribution in [0.3, 0.4) is 0 Å². The number of Topliss-reactive ketones (excluding diaryl/α,β-unsaturated/α-hetero) is 1. The Morgan fingerprint density at radius 1 is 1.00 bits per heavy atom. The van der Waals surface area contributed by atoms with Crippen molar-refractivity contribution in [2.75, 3.05) is 20.2 Å². The van der Waals surface area contributed by atoms with Gasteiger partial charge in [0, 0.05) is 25.9 Å². The molecule has 0 radical (unpaired) electrons. The van der Waals surface area contributed by atoms with E-state index in [2.05, 4.69) is 84.7 Å². The number of nitrogens with zero attached hydrogens (tertiary/aromatic N) is 2. The molecule has 4 rings (SSSR count). The highest BCUT2D eigenvalue weighted by atomic mass is 79.9. The summed E-state index contributed by atoms with van der Waals surface area (Å²) in [5.74, 6) is -0.757. The van der Waals surface area contributed by atoms with Crippen LogP contribution < -0.4 is 10.6 Å². The predicted octanol–water partition coefficient (Wildman–Crippen LogP) is 1.92. The quantitative estimate of drug-likeness (QED) is 0.214. The number of aliphatic hydroxyl groups is 2. The van der Waals surface area contributed by atoms with E-state index in [1.807, 2.05) is 0 Å². The summed E-state index contributed by atoms with van der Waals surface area (Å²) in [6, 6.07) is 0. The van der Waals surface area contributed by atoms with Crippen molar-refractivity contribution in [3.8, 4) is 0 Å². The van der Waals surface area contributed by atoms with Gasteiger partial charge in [0.05, 0.1) is 20.6 Å². The van der Waals surface area contributed by atoms with Crippen LogP contribution in [0, 0.1) is 0 Å². The number of ketones is 1. The average molecular weight is 804 g/mol. The molecule has 212 valence electrons. The SMILES string of the molecule is COC1=C(Br)[C@H](O)[C@@]2(C=C1Br)CC(C(=O)NCCCCNC(=O)C1=NO[C@]3(C=C(Br)C(=O)[C@@H](Br)[C@@H]3O)C1)=NO2. The fourth-order valence-electron chi connectivity index (χ4n) is 4.39. The van der Waals surface area contributed by atoms with Crippen LogP contribution in [0.5, 0.6) is 0 Å². The van der Waals surface area contributed by atoms with Gasteiger partial charge in [0.1, 0.15) is 34.2 Å². The number of aliphatic hydroxyl groups excluding tert-OH is 2. The molecule has 0 aromatic carbocycles. The van der Waals surface area contributed by atoms with Gasteiger partial charge in [0.25, 0.3) is 11.8 Å². The largest absolute Gasteiger partial charge is 0.495 e. The maximum Gasteiger partial charge on any atom is 0.269 e. The zero-order valence-electron chi connectivity index (χ0n) is 20.4. The van der Waals surface area contributed by atoms with Crippen LogP contribution in [0.15, 0.2) is 41.7 Å². The molecule has 0 aromatic rings. The van der Waals surface area contributed by atoms with Crippen LogP contribution in [-0.4, -0.2) is 87.7 Å². The molecule has 0 fully saturated rings. The fraction of sp³-hybridized carbons (Fsp3) is 0.522. The van der Waals surface area contributed by atoms with E-state index in [-0.39, 0.29) is 34.5 Å². The molecule has 4 aliphatic rings. The number of carbonyl (C=O) groups excluding carboxylic acids is 3. The monoisotopic (exact) mass is 800 g/mol. The van der Waals surface area contributed by atoms with Crippen molar-refractivity contribution in [2.24, 2.45) is 10.3 Å². The predicted molar refractivity (Wildman–Crippen MR) is 154 cm³/mol. The molecule has 5 atom stereocenters. The van der Waals surface area contributed by atoms with E-state index in [9.17, 15) is 24.6 Å². The molecule has 39 heavy (non-hydrogen) atoms. The number of hydrogen-bond acceptors (Lipinski definition) is 10. The molecule has 12 nitrogen and oxygen atoms in total. The van der Waals surface area contributed by atoms with Crippen LogP contribution in [0.25, 0.3) is 0 Å². The zero-order chi connectivity index (χ0) is 28.5. The fourth-order valence-corrected chi connectivity index (χ4v) is 7.82. The first-order valence-corrected chi connectivity index (χ1v) is 15.1. The average Bonchev–Trinajstić information content (AvgIpc) is 3.53. The maximum atomic E-state index is 12.6. The number of oxime groups is 2. The van der Waals surface area contributed by atoms with E-state index in [0.717, 1.165) is 0 Å². The number of methoxy groups -OCH3 is 1. The van der Waals surface area contributed by atoms with Gasteiger partial charge in [-0.05, 0) is 72.8 Å². The number of alkyl halides is 1. The molecule has 0 unspecified atom stereocenters. The second kappa shape index (κ2) is 12.1. The van der Waals surface area contributed by atoms with Crippen LogP contribution in [0.2, 0.25) is 0 Å². The Labute approximate surface area is 256 Å². The Hall–Kier alpha value is -1.59. The Kier molecular flexibility index (Phi) is 9.43. The number of hydrogen-bond donors (Lipinski definition) is 4. The highest BCUT2D eigenvalue weighted by molar-refractivity contribution is 9.12. The van der Waals surface area contributed by atoms with Crippen molar-refractivity contribution in [3.63, 3.8) is 0 Å². The molecular formula is C23H24Br4N4O8. The summed E-state index contributed by atoms with van der Waals surface area (Å²) in [5, 5.41) is 34.4. The minimum absolute atomic E-state index is 0.00577. The van der Waals surface area contributed by atoms with Crippen molar-refractivity contribution in [3.05, 3.63) is 31.4 Å². The number of rotatable bonds is 8. The van der Waals surface area contributed by atoms with Gasteiger partial charge < -0.3 is 35.3 Å². The van der Waals surface area contributed by atoms with Gasteiger partial charge in [-0.15, -0.1) is 0 Å². The van der Waals surface area contributed by atoms with Gasteiger partial charge in [-0.2, -0.15) is 0 Å². The summed E-state index contributed by atoms with van der Waals surface area (Å²) in [5.41, 5.74) is -2.29. The number of nitrogens with one attached hydrogen (secondary N) is 2. The minimum Gasteiger partial charge on any atom is -0.495 e. The number of carbonyl (C=O) groups is 3. The Balaban J connectivity index is 1.17. The van der Waals surface area contributed by atoms with E-state index in [1.54, 1.807) is 6.08 Å². The number of allylic oxidation sites excluding steroid dienone is 2. The summed E-state index contributed by atoms with van der Waals surface area (Å²) in [6.45, 7) is 0.655. The zero-order valence-corrected chi connectivity index (χ0v) is 26.7. The second-order valence-corrected chi connectivity index (χ2v) is 12.8. The van der Waals surface area contributed by atoms with Crippen LogP contribution in [0.1, 0.15) is 25.7 Å². The van der Waals surface area contributed by atoms with Gasteiger partial charge >= 0.3 is 0 Å².